The molecule has 0 radical (unpaired) electrons. The monoisotopic (exact) mass is 462 g/mol. The van der Waals surface area contributed by atoms with E-state index < -0.39 is 29.4 Å². The van der Waals surface area contributed by atoms with Crippen molar-refractivity contribution < 1.29 is 27.9 Å². The summed E-state index contributed by atoms with van der Waals surface area (Å²) in [5.41, 5.74) is 4.71. The lowest BCUT2D eigenvalue weighted by atomic mass is 10.1. The van der Waals surface area contributed by atoms with Crippen LogP contribution in [-0.4, -0.2) is 31.9 Å². The van der Waals surface area contributed by atoms with Crippen LogP contribution in [-0.2, 0) is 11.7 Å². The van der Waals surface area contributed by atoms with Crippen molar-refractivity contribution in [3.63, 3.8) is 0 Å². The van der Waals surface area contributed by atoms with Gasteiger partial charge in [-0.1, -0.05) is 18.2 Å². The van der Waals surface area contributed by atoms with Gasteiger partial charge in [0.15, 0.2) is 0 Å². The molecule has 2 heterocycles. The van der Waals surface area contributed by atoms with Crippen molar-refractivity contribution in [3.05, 3.63) is 53.7 Å². The molecule has 33 heavy (non-hydrogen) atoms. The van der Waals surface area contributed by atoms with Crippen molar-refractivity contribution in [1.29, 1.82) is 0 Å². The quantitative estimate of drug-likeness (QED) is 0.436. The maximum absolute atomic E-state index is 13.1. The third kappa shape index (κ3) is 5.22. The number of nitrogens with two attached hydrogens (primary N) is 1. The molecule has 0 aliphatic rings. The summed E-state index contributed by atoms with van der Waals surface area (Å²) in [6, 6.07) is 9.39. The Bertz CT molecular complexity index is 1200. The van der Waals surface area contributed by atoms with E-state index in [2.05, 4.69) is 20.7 Å². The van der Waals surface area contributed by atoms with Gasteiger partial charge in [-0.05, 0) is 45.0 Å². The van der Waals surface area contributed by atoms with Crippen molar-refractivity contribution in [1.82, 2.24) is 14.8 Å². The maximum Gasteiger partial charge on any atom is 0.433 e. The number of hydrogen-bond acceptors (Lipinski definition) is 5. The Morgan fingerprint density at radius 2 is 1.70 bits per heavy atom. The molecule has 0 spiro atoms. The van der Waals surface area contributed by atoms with Crippen molar-refractivity contribution in [2.45, 2.75) is 32.5 Å². The van der Waals surface area contributed by atoms with Crippen LogP contribution in [0.2, 0.25) is 0 Å². The van der Waals surface area contributed by atoms with E-state index in [1.807, 2.05) is 0 Å². The lowest BCUT2D eigenvalue weighted by Crippen LogP contribution is -2.25. The van der Waals surface area contributed by atoms with Crippen molar-refractivity contribution in [2.75, 3.05) is 10.6 Å². The number of carbonyl (C=O) groups excluding carboxylic acids is 1. The number of hydrogen-bond donors (Lipinski definition) is 4. The second kappa shape index (κ2) is 8.45. The molecule has 3 rings (SSSR count). The Kier molecular flexibility index (Phi) is 6.03. The first-order valence-corrected chi connectivity index (χ1v) is 9.62. The molecular formula is C21H21F3N6O3. The number of aromatic nitrogens is 3. The highest BCUT2D eigenvalue weighted by Gasteiger charge is 2.33. The molecule has 174 valence electrons. The molecule has 0 saturated carbocycles. The molecule has 3 aromatic rings. The summed E-state index contributed by atoms with van der Waals surface area (Å²) < 4.78 is 40.7. The molecule has 2 aromatic heterocycles. The normalized spacial score (nSPS) is 11.8. The van der Waals surface area contributed by atoms with E-state index in [1.165, 1.54) is 28.9 Å². The number of rotatable bonds is 5. The Balaban J connectivity index is 2.15. The highest BCUT2D eigenvalue weighted by molar-refractivity contribution is 6.04. The number of nitrogens with one attached hydrogen (secondary N) is 2. The van der Waals surface area contributed by atoms with Gasteiger partial charge in [0.2, 0.25) is 0 Å². The van der Waals surface area contributed by atoms with Crippen LogP contribution in [0, 0.1) is 0 Å². The van der Waals surface area contributed by atoms with Gasteiger partial charge in [-0.2, -0.15) is 18.3 Å². The predicted octanol–water partition coefficient (Wildman–Crippen LogP) is 4.65. The summed E-state index contributed by atoms with van der Waals surface area (Å²) in [5, 5.41) is 18.3. The zero-order valence-electron chi connectivity index (χ0n) is 17.9. The van der Waals surface area contributed by atoms with Gasteiger partial charge in [-0.3, -0.25) is 10.1 Å². The highest BCUT2D eigenvalue weighted by atomic mass is 19.4. The van der Waals surface area contributed by atoms with Crippen LogP contribution >= 0.6 is 0 Å². The number of carbonyl (C=O) groups is 2. The van der Waals surface area contributed by atoms with Crippen LogP contribution in [0.5, 0.6) is 0 Å². The van der Waals surface area contributed by atoms with Crippen molar-refractivity contribution in [3.8, 4) is 11.3 Å². The van der Waals surface area contributed by atoms with Crippen LogP contribution in [0.15, 0.2) is 42.5 Å². The van der Waals surface area contributed by atoms with E-state index in [1.54, 1.807) is 32.9 Å². The summed E-state index contributed by atoms with van der Waals surface area (Å²) in [6.45, 7) is 5.37. The van der Waals surface area contributed by atoms with Gasteiger partial charge in [0.25, 0.3) is 5.91 Å². The molecule has 9 nitrogen and oxygen atoms in total. The van der Waals surface area contributed by atoms with Crippen LogP contribution in [0.25, 0.3) is 11.3 Å². The second-order valence-corrected chi connectivity index (χ2v) is 8.06. The Labute approximate surface area is 186 Å². The van der Waals surface area contributed by atoms with E-state index >= 15 is 0 Å². The maximum atomic E-state index is 13.1. The summed E-state index contributed by atoms with van der Waals surface area (Å²) in [5.74, 6) is -0.933. The molecule has 0 aliphatic carbocycles. The predicted molar refractivity (Wildman–Crippen MR) is 115 cm³/mol. The highest BCUT2D eigenvalue weighted by Crippen LogP contribution is 2.35. The lowest BCUT2D eigenvalue weighted by molar-refractivity contribution is -0.141. The van der Waals surface area contributed by atoms with E-state index in [9.17, 15) is 22.8 Å². The van der Waals surface area contributed by atoms with Crippen LogP contribution in [0.4, 0.5) is 35.3 Å². The first-order chi connectivity index (χ1) is 15.3. The zero-order valence-corrected chi connectivity index (χ0v) is 17.9. The molecule has 0 unspecified atom stereocenters. The number of alkyl halides is 3. The Morgan fingerprint density at radius 3 is 2.21 bits per heavy atom. The summed E-state index contributed by atoms with van der Waals surface area (Å²) in [4.78, 5) is 26.8. The summed E-state index contributed by atoms with van der Waals surface area (Å²) in [6.07, 6.45) is -5.89. The largest absolute Gasteiger partial charge is 0.465 e. The number of benzene rings is 1. The van der Waals surface area contributed by atoms with Crippen LogP contribution < -0.4 is 16.4 Å². The van der Waals surface area contributed by atoms with Crippen molar-refractivity contribution >= 4 is 29.3 Å². The fraction of sp³-hybridized carbons (Fsp3) is 0.238. The van der Waals surface area contributed by atoms with E-state index in [4.69, 9.17) is 10.8 Å². The number of halogens is 3. The van der Waals surface area contributed by atoms with E-state index in [-0.39, 0.29) is 22.9 Å². The first kappa shape index (κ1) is 23.6. The van der Waals surface area contributed by atoms with Gasteiger partial charge in [-0.25, -0.2) is 14.5 Å². The minimum Gasteiger partial charge on any atom is -0.465 e. The fourth-order valence-electron chi connectivity index (χ4n) is 3.07. The van der Waals surface area contributed by atoms with Gasteiger partial charge in [0.05, 0.1) is 5.54 Å². The van der Waals surface area contributed by atoms with Gasteiger partial charge < -0.3 is 16.2 Å². The minimum atomic E-state index is -4.65. The zero-order chi connectivity index (χ0) is 24.6. The Morgan fingerprint density at radius 1 is 1.06 bits per heavy atom. The average Bonchev–Trinajstić information content (AvgIpc) is 3.07. The average molecular weight is 462 g/mol. The SMILES string of the molecule is CC(C)(C)n1nc(-c2ccc(NC(=O)O)cc2)c(C(N)=O)c1Nc1cccc(C(F)(F)F)n1. The minimum absolute atomic E-state index is 0.0527. The number of primary amides is 1. The van der Waals surface area contributed by atoms with Crippen molar-refractivity contribution in [2.24, 2.45) is 5.73 Å². The number of pyridine rings is 1. The molecule has 0 aliphatic heterocycles. The number of nitrogens with zero attached hydrogens (tertiary/aromatic N) is 3. The Hall–Kier alpha value is -4.09. The van der Waals surface area contributed by atoms with Gasteiger partial charge >= 0.3 is 12.3 Å². The fourth-order valence-corrected chi connectivity index (χ4v) is 3.07. The molecular weight excluding hydrogens is 441 g/mol. The molecule has 5 N–H and O–H groups in total. The second-order valence-electron chi connectivity index (χ2n) is 8.06. The molecule has 0 atom stereocenters. The number of anilines is 3. The van der Waals surface area contributed by atoms with Gasteiger partial charge in [0, 0.05) is 11.3 Å². The molecule has 2 amide bonds. The molecule has 12 heteroatoms. The molecule has 0 bridgehead atoms. The third-order valence-electron chi connectivity index (χ3n) is 4.46. The number of amides is 2. The summed E-state index contributed by atoms with van der Waals surface area (Å²) >= 11 is 0. The van der Waals surface area contributed by atoms with Gasteiger partial charge in [-0.15, -0.1) is 0 Å². The standard InChI is InChI=1S/C21H21F3N6O3/c1-20(2,3)30-18(28-14-6-4-5-13(27-14)21(22,23)24)15(17(25)31)16(29-30)11-7-9-12(10-8-11)26-19(32)33/h4-10,26H,1-3H3,(H2,25,31)(H,27,28)(H,32,33). The topological polar surface area (TPSA) is 135 Å². The first-order valence-electron chi connectivity index (χ1n) is 9.62. The third-order valence-corrected chi connectivity index (χ3v) is 4.46. The van der Waals surface area contributed by atoms with E-state index in [0.29, 0.717) is 11.3 Å². The summed E-state index contributed by atoms with van der Waals surface area (Å²) in [7, 11) is 0. The molecule has 1 aromatic carbocycles. The van der Waals surface area contributed by atoms with Crippen LogP contribution in [0.1, 0.15) is 36.8 Å². The smallest absolute Gasteiger partial charge is 0.433 e. The van der Waals surface area contributed by atoms with Gasteiger partial charge in [0.1, 0.15) is 28.6 Å². The van der Waals surface area contributed by atoms with Crippen LogP contribution in [0.3, 0.4) is 0 Å². The molecule has 0 fully saturated rings. The van der Waals surface area contributed by atoms with E-state index in [0.717, 1.165) is 6.07 Å². The molecule has 0 saturated heterocycles. The lowest BCUT2D eigenvalue weighted by Gasteiger charge is -2.23. The number of carboxylic acid groups (broad SMARTS) is 1.